The Bertz CT molecular complexity index is 957. The van der Waals surface area contributed by atoms with E-state index in [2.05, 4.69) is 66.4 Å². The van der Waals surface area contributed by atoms with Crippen LogP contribution in [0.1, 0.15) is 55.2 Å². The number of nitrogens with one attached hydrogen (secondary N) is 1. The van der Waals surface area contributed by atoms with Gasteiger partial charge in [0.2, 0.25) is 0 Å². The van der Waals surface area contributed by atoms with Crippen molar-refractivity contribution in [3.63, 3.8) is 0 Å². The van der Waals surface area contributed by atoms with Gasteiger partial charge in [-0.25, -0.2) is 0 Å². The summed E-state index contributed by atoms with van der Waals surface area (Å²) < 4.78 is 8.90. The highest BCUT2D eigenvalue weighted by molar-refractivity contribution is 7.17. The molecule has 0 radical (unpaired) electrons. The third-order valence-corrected chi connectivity index (χ3v) is 6.28. The summed E-state index contributed by atoms with van der Waals surface area (Å²) in [6, 6.07) is 12.8. The maximum absolute atomic E-state index is 12.9. The van der Waals surface area contributed by atoms with E-state index in [1.807, 2.05) is 6.07 Å². The van der Waals surface area contributed by atoms with Gasteiger partial charge in [0, 0.05) is 19.7 Å². The summed E-state index contributed by atoms with van der Waals surface area (Å²) in [7, 11) is 0. The molecule has 0 spiro atoms. The average molecular weight is 397 g/mol. The number of carbonyl (C=O) groups is 1. The molecule has 3 heterocycles. The second-order valence-electron chi connectivity index (χ2n) is 8.58. The van der Waals surface area contributed by atoms with E-state index in [9.17, 15) is 4.79 Å². The summed E-state index contributed by atoms with van der Waals surface area (Å²) in [5, 5.41) is 5.15. The Morgan fingerprint density at radius 2 is 2.04 bits per heavy atom. The van der Waals surface area contributed by atoms with E-state index in [0.717, 1.165) is 35.4 Å². The normalized spacial score (nSPS) is 17.3. The monoisotopic (exact) mass is 396 g/mol. The average Bonchev–Trinajstić information content (AvgIpc) is 3.38. The number of hydrogen-bond donors (Lipinski definition) is 1. The zero-order valence-electron chi connectivity index (χ0n) is 16.8. The minimum Gasteiger partial charge on any atom is -0.376 e. The number of rotatable bonds is 5. The smallest absolute Gasteiger partial charge is 0.268 e. The molecule has 0 aliphatic carbocycles. The van der Waals surface area contributed by atoms with Crippen LogP contribution in [-0.4, -0.2) is 29.7 Å². The first-order valence-electron chi connectivity index (χ1n) is 9.98. The van der Waals surface area contributed by atoms with Gasteiger partial charge >= 0.3 is 0 Å². The number of fused-ring (bicyclic) bond motifs is 1. The fraction of sp³-hybridized carbons (Fsp3) is 0.435. The van der Waals surface area contributed by atoms with Gasteiger partial charge in [0.1, 0.15) is 5.69 Å². The van der Waals surface area contributed by atoms with Crippen molar-refractivity contribution in [2.75, 3.05) is 13.2 Å². The Morgan fingerprint density at radius 1 is 1.25 bits per heavy atom. The largest absolute Gasteiger partial charge is 0.376 e. The lowest BCUT2D eigenvalue weighted by atomic mass is 9.87. The van der Waals surface area contributed by atoms with E-state index in [0.29, 0.717) is 13.1 Å². The van der Waals surface area contributed by atoms with Crippen LogP contribution in [0.15, 0.2) is 41.8 Å². The number of ether oxygens (including phenoxy) is 1. The second kappa shape index (κ2) is 7.72. The Morgan fingerprint density at radius 3 is 2.71 bits per heavy atom. The molecule has 1 amide bonds. The lowest BCUT2D eigenvalue weighted by Crippen LogP contribution is -2.33. The van der Waals surface area contributed by atoms with Gasteiger partial charge in [-0.05, 0) is 46.9 Å². The summed E-state index contributed by atoms with van der Waals surface area (Å²) in [5.74, 6) is -0.0230. The first kappa shape index (κ1) is 19.2. The molecular weight excluding hydrogens is 368 g/mol. The Balaban J connectivity index is 1.56. The molecule has 1 aromatic carbocycles. The molecule has 4 rings (SSSR count). The summed E-state index contributed by atoms with van der Waals surface area (Å²) in [4.78, 5) is 12.9. The highest BCUT2D eigenvalue weighted by Crippen LogP contribution is 2.27. The Kier molecular flexibility index (Phi) is 5.30. The predicted molar refractivity (Wildman–Crippen MR) is 115 cm³/mol. The van der Waals surface area contributed by atoms with E-state index in [-0.39, 0.29) is 17.4 Å². The summed E-state index contributed by atoms with van der Waals surface area (Å²) >= 11 is 1.67. The van der Waals surface area contributed by atoms with Crippen molar-refractivity contribution in [2.45, 2.75) is 51.7 Å². The molecule has 4 nitrogen and oxygen atoms in total. The van der Waals surface area contributed by atoms with E-state index in [1.165, 1.54) is 11.1 Å². The molecule has 148 valence electrons. The number of aromatic nitrogens is 1. The molecule has 1 N–H and O–H groups in total. The molecule has 1 aliphatic rings. The second-order valence-corrected chi connectivity index (χ2v) is 9.53. The highest BCUT2D eigenvalue weighted by Gasteiger charge is 2.20. The van der Waals surface area contributed by atoms with Crippen LogP contribution < -0.4 is 5.32 Å². The molecule has 2 aromatic heterocycles. The third kappa shape index (κ3) is 4.01. The molecule has 1 fully saturated rings. The third-order valence-electron chi connectivity index (χ3n) is 5.43. The lowest BCUT2D eigenvalue weighted by molar-refractivity contribution is 0.0851. The van der Waals surface area contributed by atoms with Gasteiger partial charge in [-0.1, -0.05) is 45.0 Å². The quantitative estimate of drug-likeness (QED) is 0.662. The Labute approximate surface area is 170 Å². The van der Waals surface area contributed by atoms with Gasteiger partial charge in [0.25, 0.3) is 5.91 Å². The number of thiophene rings is 1. The van der Waals surface area contributed by atoms with E-state index >= 15 is 0 Å². The van der Waals surface area contributed by atoms with Crippen LogP contribution in [0.4, 0.5) is 0 Å². The fourth-order valence-corrected chi connectivity index (χ4v) is 4.55. The number of amides is 1. The molecule has 1 aliphatic heterocycles. The van der Waals surface area contributed by atoms with Gasteiger partial charge in [-0.3, -0.25) is 4.79 Å². The zero-order valence-corrected chi connectivity index (χ0v) is 17.6. The molecule has 0 bridgehead atoms. The van der Waals surface area contributed by atoms with Crippen LogP contribution in [0.25, 0.3) is 10.2 Å². The van der Waals surface area contributed by atoms with Gasteiger partial charge in [0.05, 0.1) is 16.3 Å². The van der Waals surface area contributed by atoms with Gasteiger partial charge in [0.15, 0.2) is 0 Å². The van der Waals surface area contributed by atoms with Crippen molar-refractivity contribution in [3.05, 3.63) is 58.6 Å². The summed E-state index contributed by atoms with van der Waals surface area (Å²) in [5.41, 5.74) is 4.50. The van der Waals surface area contributed by atoms with Gasteiger partial charge < -0.3 is 14.6 Å². The van der Waals surface area contributed by atoms with Crippen molar-refractivity contribution in [1.29, 1.82) is 0 Å². The standard InChI is InChI=1S/C23H28N2O2S/c1-23(2,3)17-8-6-16(7-9-17)15-25-19-10-12-28-21(19)13-20(25)22(26)24-14-18-5-4-11-27-18/h6-10,12-13,18H,4-5,11,14-15H2,1-3H3,(H,24,26)/t18-/m0/s1. The maximum atomic E-state index is 12.9. The lowest BCUT2D eigenvalue weighted by Gasteiger charge is -2.19. The number of hydrogen-bond acceptors (Lipinski definition) is 3. The van der Waals surface area contributed by atoms with Gasteiger partial charge in [-0.2, -0.15) is 0 Å². The minimum absolute atomic E-state index is 0.0230. The van der Waals surface area contributed by atoms with Gasteiger partial charge in [-0.15, -0.1) is 11.3 Å². The zero-order chi connectivity index (χ0) is 19.7. The SMILES string of the molecule is CC(C)(C)c1ccc(Cn2c(C(=O)NC[C@@H]3CCCO3)cc3sccc32)cc1. The minimum atomic E-state index is -0.0230. The Hall–Kier alpha value is -2.11. The van der Waals surface area contributed by atoms with Crippen molar-refractivity contribution in [2.24, 2.45) is 0 Å². The molecule has 0 unspecified atom stereocenters. The molecule has 3 aromatic rings. The van der Waals surface area contributed by atoms with Crippen LogP contribution in [0.2, 0.25) is 0 Å². The number of carbonyl (C=O) groups excluding carboxylic acids is 1. The topological polar surface area (TPSA) is 43.3 Å². The first-order valence-corrected chi connectivity index (χ1v) is 10.9. The van der Waals surface area contributed by atoms with E-state index in [4.69, 9.17) is 4.74 Å². The van der Waals surface area contributed by atoms with Crippen molar-refractivity contribution in [3.8, 4) is 0 Å². The van der Waals surface area contributed by atoms with Crippen molar-refractivity contribution < 1.29 is 9.53 Å². The molecule has 1 atom stereocenters. The molecule has 5 heteroatoms. The number of benzene rings is 1. The van der Waals surface area contributed by atoms with Crippen LogP contribution >= 0.6 is 11.3 Å². The first-order chi connectivity index (χ1) is 13.4. The van der Waals surface area contributed by atoms with E-state index < -0.39 is 0 Å². The molecule has 1 saturated heterocycles. The summed E-state index contributed by atoms with van der Waals surface area (Å²) in [6.45, 7) is 8.74. The van der Waals surface area contributed by atoms with Crippen LogP contribution in [0, 0.1) is 0 Å². The maximum Gasteiger partial charge on any atom is 0.268 e. The predicted octanol–water partition coefficient (Wildman–Crippen LogP) is 4.96. The summed E-state index contributed by atoms with van der Waals surface area (Å²) in [6.07, 6.45) is 2.26. The number of nitrogens with zero attached hydrogens (tertiary/aromatic N) is 1. The van der Waals surface area contributed by atoms with Crippen LogP contribution in [0.3, 0.4) is 0 Å². The molecule has 0 saturated carbocycles. The van der Waals surface area contributed by atoms with Crippen LogP contribution in [0.5, 0.6) is 0 Å². The molecular formula is C23H28N2O2S. The highest BCUT2D eigenvalue weighted by atomic mass is 32.1. The van der Waals surface area contributed by atoms with Crippen molar-refractivity contribution >= 4 is 27.5 Å². The van der Waals surface area contributed by atoms with Crippen LogP contribution in [-0.2, 0) is 16.7 Å². The van der Waals surface area contributed by atoms with E-state index in [1.54, 1.807) is 11.3 Å². The molecule has 28 heavy (non-hydrogen) atoms. The van der Waals surface area contributed by atoms with Crippen molar-refractivity contribution in [1.82, 2.24) is 9.88 Å². The fourth-order valence-electron chi connectivity index (χ4n) is 3.73.